The third-order valence-electron chi connectivity index (χ3n) is 2.51. The van der Waals surface area contributed by atoms with Crippen molar-refractivity contribution in [3.63, 3.8) is 0 Å². The van der Waals surface area contributed by atoms with Crippen LogP contribution in [0.15, 0.2) is 0 Å². The Balaban J connectivity index is 0. The summed E-state index contributed by atoms with van der Waals surface area (Å²) in [4.78, 5) is 0. The van der Waals surface area contributed by atoms with Crippen molar-refractivity contribution >= 4 is 0 Å². The first-order chi connectivity index (χ1) is 4.88. The molecule has 2 N–H and O–H groups in total. The van der Waals surface area contributed by atoms with Crippen molar-refractivity contribution in [3.05, 3.63) is 0 Å². The molecule has 2 heteroatoms. The highest BCUT2D eigenvalue weighted by Crippen LogP contribution is 2.17. The molecule has 1 fully saturated rings. The molecule has 0 spiro atoms. The summed E-state index contributed by atoms with van der Waals surface area (Å²) >= 11 is 0. The molecule has 1 aliphatic carbocycles. The van der Waals surface area contributed by atoms with Gasteiger partial charge in [0.2, 0.25) is 0 Å². The van der Waals surface area contributed by atoms with Crippen LogP contribution in [0.3, 0.4) is 0 Å². The van der Waals surface area contributed by atoms with Gasteiger partial charge in [-0.3, -0.25) is 0 Å². The maximum absolute atomic E-state index is 3.34. The molecule has 0 aromatic heterocycles. The van der Waals surface area contributed by atoms with E-state index in [9.17, 15) is 0 Å². The number of nitrogens with one attached hydrogen (secondary N) is 2. The molecule has 64 valence electrons. The lowest BCUT2D eigenvalue weighted by atomic mass is 9.91. The summed E-state index contributed by atoms with van der Waals surface area (Å²) in [5.74, 6) is 0. The van der Waals surface area contributed by atoms with E-state index in [0.29, 0.717) is 12.1 Å². The van der Waals surface area contributed by atoms with Gasteiger partial charge in [0.15, 0.2) is 0 Å². The third-order valence-corrected chi connectivity index (χ3v) is 2.51. The first-order valence-corrected chi connectivity index (χ1v) is 4.23. The minimum Gasteiger partial charge on any atom is -0.315 e. The van der Waals surface area contributed by atoms with Crippen molar-refractivity contribution in [3.8, 4) is 0 Å². The molecule has 0 aliphatic heterocycles. The second-order valence-electron chi connectivity index (χ2n) is 3.07. The van der Waals surface area contributed by atoms with E-state index in [2.05, 4.69) is 24.7 Å². The molecule has 0 aromatic rings. The van der Waals surface area contributed by atoms with Gasteiger partial charge in [0, 0.05) is 14.9 Å². The highest BCUT2D eigenvalue weighted by Gasteiger charge is 2.21. The van der Waals surface area contributed by atoms with E-state index in [4.69, 9.17) is 0 Å². The second kappa shape index (κ2) is 3.94. The van der Waals surface area contributed by atoms with Crippen LogP contribution in [0.2, 0.25) is 0 Å². The molecule has 2 atom stereocenters. The number of rotatable bonds is 2. The highest BCUT2D eigenvalue weighted by molar-refractivity contribution is 4.83. The van der Waals surface area contributed by atoms with E-state index < -0.39 is 0 Å². The second-order valence-corrected chi connectivity index (χ2v) is 3.07. The first-order valence-electron chi connectivity index (χ1n) is 4.23. The summed E-state index contributed by atoms with van der Waals surface area (Å²) in [6, 6.07) is 1.41. The molecular formula is C8H22N2. The van der Waals surface area contributed by atoms with Crippen molar-refractivity contribution < 1.29 is 2.85 Å². The molecular weight excluding hydrogens is 124 g/mol. The number of likely N-dealkylation sites (N-methyl/N-ethyl adjacent to an activating group) is 2. The van der Waals surface area contributed by atoms with E-state index >= 15 is 0 Å². The average molecular weight is 146 g/mol. The van der Waals surface area contributed by atoms with E-state index in [-0.39, 0.29) is 2.85 Å². The minimum atomic E-state index is 0. The Morgan fingerprint density at radius 3 is 1.70 bits per heavy atom. The van der Waals surface area contributed by atoms with Gasteiger partial charge in [-0.25, -0.2) is 0 Å². The molecule has 0 bridgehead atoms. The lowest BCUT2D eigenvalue weighted by molar-refractivity contribution is 0.309. The maximum atomic E-state index is 3.34. The molecule has 1 aliphatic rings. The quantitative estimate of drug-likeness (QED) is 0.612. The summed E-state index contributed by atoms with van der Waals surface area (Å²) in [7, 11) is 4.11. The Labute approximate surface area is 66.4 Å². The van der Waals surface area contributed by atoms with Crippen LogP contribution in [0.1, 0.15) is 28.5 Å². The van der Waals surface area contributed by atoms with Crippen molar-refractivity contribution in [2.24, 2.45) is 0 Å². The van der Waals surface area contributed by atoms with Gasteiger partial charge in [0.25, 0.3) is 0 Å². The number of hydrogen-bond acceptors (Lipinski definition) is 2. The SMILES string of the molecule is CNC1CCCCC1NC.[HH].[HH]. The van der Waals surface area contributed by atoms with Gasteiger partial charge < -0.3 is 10.6 Å². The van der Waals surface area contributed by atoms with Gasteiger partial charge >= 0.3 is 0 Å². The molecule has 10 heavy (non-hydrogen) atoms. The molecule has 1 saturated carbocycles. The van der Waals surface area contributed by atoms with Crippen LogP contribution in [0.4, 0.5) is 0 Å². The van der Waals surface area contributed by atoms with E-state index in [1.165, 1.54) is 25.7 Å². The first kappa shape index (κ1) is 8.02. The van der Waals surface area contributed by atoms with Gasteiger partial charge in [0.1, 0.15) is 0 Å². The zero-order chi connectivity index (χ0) is 7.40. The summed E-state index contributed by atoms with van der Waals surface area (Å²) in [5, 5.41) is 6.68. The minimum absolute atomic E-state index is 0. The normalized spacial score (nSPS) is 34.2. The fraction of sp³-hybridized carbons (Fsp3) is 1.00. The Morgan fingerprint density at radius 2 is 1.40 bits per heavy atom. The van der Waals surface area contributed by atoms with Crippen molar-refractivity contribution in [2.45, 2.75) is 37.8 Å². The zero-order valence-electron chi connectivity index (χ0n) is 6.98. The van der Waals surface area contributed by atoms with Crippen LogP contribution >= 0.6 is 0 Å². The molecule has 0 saturated heterocycles. The van der Waals surface area contributed by atoms with E-state index in [1.807, 2.05) is 0 Å². The Bertz CT molecular complexity index is 89.1. The summed E-state index contributed by atoms with van der Waals surface area (Å²) in [6.45, 7) is 0. The van der Waals surface area contributed by atoms with Gasteiger partial charge in [-0.05, 0) is 26.9 Å². The van der Waals surface area contributed by atoms with Crippen LogP contribution in [0.25, 0.3) is 0 Å². The van der Waals surface area contributed by atoms with Crippen LogP contribution in [-0.2, 0) is 0 Å². The molecule has 0 radical (unpaired) electrons. The third kappa shape index (κ3) is 1.70. The van der Waals surface area contributed by atoms with Crippen molar-refractivity contribution in [1.29, 1.82) is 0 Å². The summed E-state index contributed by atoms with van der Waals surface area (Å²) in [5.41, 5.74) is 0. The van der Waals surface area contributed by atoms with Crippen LogP contribution in [-0.4, -0.2) is 26.2 Å². The predicted octanol–water partition coefficient (Wildman–Crippen LogP) is 1.23. The monoisotopic (exact) mass is 146 g/mol. The molecule has 2 nitrogen and oxygen atoms in total. The fourth-order valence-corrected chi connectivity index (χ4v) is 1.82. The van der Waals surface area contributed by atoms with Crippen LogP contribution in [0.5, 0.6) is 0 Å². The molecule has 2 unspecified atom stereocenters. The van der Waals surface area contributed by atoms with Gasteiger partial charge in [-0.1, -0.05) is 12.8 Å². The van der Waals surface area contributed by atoms with Crippen LogP contribution < -0.4 is 10.6 Å². The molecule has 0 amide bonds. The van der Waals surface area contributed by atoms with Gasteiger partial charge in [0.05, 0.1) is 0 Å². The van der Waals surface area contributed by atoms with E-state index in [1.54, 1.807) is 0 Å². The largest absolute Gasteiger partial charge is 0.315 e. The molecule has 0 heterocycles. The topological polar surface area (TPSA) is 24.1 Å². The highest BCUT2D eigenvalue weighted by atomic mass is 15.0. The van der Waals surface area contributed by atoms with Crippen molar-refractivity contribution in [2.75, 3.05) is 14.1 Å². The van der Waals surface area contributed by atoms with Crippen molar-refractivity contribution in [1.82, 2.24) is 10.6 Å². The Morgan fingerprint density at radius 1 is 1.00 bits per heavy atom. The van der Waals surface area contributed by atoms with Gasteiger partial charge in [-0.15, -0.1) is 0 Å². The Kier molecular flexibility index (Phi) is 3.16. The molecule has 0 aromatic carbocycles. The number of hydrogen-bond donors (Lipinski definition) is 2. The predicted molar refractivity (Wildman–Crippen MR) is 48.4 cm³/mol. The summed E-state index contributed by atoms with van der Waals surface area (Å²) in [6.07, 6.45) is 5.46. The summed E-state index contributed by atoms with van der Waals surface area (Å²) < 4.78 is 0. The average Bonchev–Trinajstić information content (AvgIpc) is 2.04. The van der Waals surface area contributed by atoms with Crippen LogP contribution in [0, 0.1) is 0 Å². The smallest absolute Gasteiger partial charge is 0.0218 e. The van der Waals surface area contributed by atoms with E-state index in [0.717, 1.165) is 0 Å². The van der Waals surface area contributed by atoms with Gasteiger partial charge in [-0.2, -0.15) is 0 Å². The zero-order valence-corrected chi connectivity index (χ0v) is 6.98. The standard InChI is InChI=1S/C8H18N2.2H2/c1-9-7-5-3-4-6-8(7)10-2;;/h7-10H,3-6H2,1-2H3;2*1H. The lowest BCUT2D eigenvalue weighted by Gasteiger charge is -2.30. The Hall–Kier alpha value is -0.0800. The fourth-order valence-electron chi connectivity index (χ4n) is 1.82. The maximum Gasteiger partial charge on any atom is 0.0218 e. The molecule has 1 rings (SSSR count). The lowest BCUT2D eigenvalue weighted by Crippen LogP contribution is -2.47.